The van der Waals surface area contributed by atoms with Crippen LogP contribution < -0.4 is 11.1 Å². The van der Waals surface area contributed by atoms with Crippen molar-refractivity contribution in [2.75, 3.05) is 12.3 Å². The first kappa shape index (κ1) is 13.5. The van der Waals surface area contributed by atoms with Crippen molar-refractivity contribution in [1.29, 1.82) is 0 Å². The van der Waals surface area contributed by atoms with Crippen LogP contribution in [-0.4, -0.2) is 16.5 Å². The second kappa shape index (κ2) is 6.29. The summed E-state index contributed by atoms with van der Waals surface area (Å²) in [6.07, 6.45) is 6.40. The molecule has 1 atom stereocenters. The Balaban J connectivity index is 2.24. The van der Waals surface area contributed by atoms with Crippen LogP contribution in [0.15, 0.2) is 36.8 Å². The number of anilines is 1. The van der Waals surface area contributed by atoms with Crippen LogP contribution in [0.1, 0.15) is 29.7 Å². The van der Waals surface area contributed by atoms with E-state index in [1.807, 2.05) is 30.6 Å². The van der Waals surface area contributed by atoms with Gasteiger partial charge in [-0.1, -0.05) is 6.92 Å². The van der Waals surface area contributed by atoms with Crippen molar-refractivity contribution in [1.82, 2.24) is 15.3 Å². The fourth-order valence-electron chi connectivity index (χ4n) is 2.24. The molecule has 1 unspecified atom stereocenters. The van der Waals surface area contributed by atoms with E-state index in [0.29, 0.717) is 5.82 Å². The first-order valence-electron chi connectivity index (χ1n) is 6.55. The average Bonchev–Trinajstić information content (AvgIpc) is 2.39. The lowest BCUT2D eigenvalue weighted by Gasteiger charge is -2.20. The second-order valence-corrected chi connectivity index (χ2v) is 4.64. The highest BCUT2D eigenvalue weighted by Crippen LogP contribution is 2.21. The smallest absolute Gasteiger partial charge is 0.123 e. The Kier molecular flexibility index (Phi) is 4.47. The Morgan fingerprint density at radius 2 is 2.16 bits per heavy atom. The van der Waals surface area contributed by atoms with Gasteiger partial charge in [-0.05, 0) is 54.8 Å². The van der Waals surface area contributed by atoms with Gasteiger partial charge in [-0.3, -0.25) is 4.98 Å². The zero-order valence-corrected chi connectivity index (χ0v) is 11.4. The van der Waals surface area contributed by atoms with Crippen molar-refractivity contribution in [3.8, 4) is 0 Å². The highest BCUT2D eigenvalue weighted by atomic mass is 14.9. The van der Waals surface area contributed by atoms with Crippen LogP contribution in [0, 0.1) is 6.92 Å². The Morgan fingerprint density at radius 3 is 2.84 bits per heavy atom. The van der Waals surface area contributed by atoms with Crippen molar-refractivity contribution < 1.29 is 0 Å². The first-order valence-corrected chi connectivity index (χ1v) is 6.55. The summed E-state index contributed by atoms with van der Waals surface area (Å²) in [6, 6.07) is 6.23. The maximum absolute atomic E-state index is 5.73. The third-order valence-corrected chi connectivity index (χ3v) is 3.19. The van der Waals surface area contributed by atoms with Gasteiger partial charge in [0.15, 0.2) is 0 Å². The van der Waals surface area contributed by atoms with Crippen LogP contribution in [0.4, 0.5) is 5.82 Å². The lowest BCUT2D eigenvalue weighted by atomic mass is 9.97. The molecule has 19 heavy (non-hydrogen) atoms. The van der Waals surface area contributed by atoms with E-state index in [1.165, 1.54) is 16.7 Å². The summed E-state index contributed by atoms with van der Waals surface area (Å²) in [6.45, 7) is 5.14. The molecule has 0 aliphatic heterocycles. The fourth-order valence-corrected chi connectivity index (χ4v) is 2.24. The summed E-state index contributed by atoms with van der Waals surface area (Å²) in [7, 11) is 0. The van der Waals surface area contributed by atoms with Crippen LogP contribution >= 0.6 is 0 Å². The van der Waals surface area contributed by atoms with Crippen molar-refractivity contribution >= 4 is 5.82 Å². The van der Waals surface area contributed by atoms with Gasteiger partial charge in [0.25, 0.3) is 0 Å². The largest absolute Gasteiger partial charge is 0.384 e. The molecule has 0 aromatic carbocycles. The highest BCUT2D eigenvalue weighted by molar-refractivity contribution is 5.34. The van der Waals surface area contributed by atoms with Crippen LogP contribution in [0.2, 0.25) is 0 Å². The summed E-state index contributed by atoms with van der Waals surface area (Å²) in [5.74, 6) is 0.565. The molecule has 0 radical (unpaired) electrons. The van der Waals surface area contributed by atoms with Gasteiger partial charge in [-0.15, -0.1) is 0 Å². The monoisotopic (exact) mass is 256 g/mol. The van der Waals surface area contributed by atoms with Gasteiger partial charge in [0.2, 0.25) is 0 Å². The van der Waals surface area contributed by atoms with Gasteiger partial charge < -0.3 is 11.1 Å². The molecule has 2 rings (SSSR count). The molecule has 4 nitrogen and oxygen atoms in total. The number of nitrogens with one attached hydrogen (secondary N) is 1. The van der Waals surface area contributed by atoms with Gasteiger partial charge in [-0.2, -0.15) is 0 Å². The minimum atomic E-state index is 0.250. The van der Waals surface area contributed by atoms with Crippen LogP contribution in [0.25, 0.3) is 0 Å². The van der Waals surface area contributed by atoms with Crippen molar-refractivity contribution in [2.24, 2.45) is 0 Å². The predicted molar refractivity (Wildman–Crippen MR) is 77.7 cm³/mol. The predicted octanol–water partition coefficient (Wildman–Crippen LogP) is 2.26. The molecular formula is C15H20N4. The van der Waals surface area contributed by atoms with E-state index < -0.39 is 0 Å². The number of pyridine rings is 2. The topological polar surface area (TPSA) is 63.8 Å². The van der Waals surface area contributed by atoms with Crippen LogP contribution in [-0.2, 0) is 6.42 Å². The molecule has 2 heterocycles. The second-order valence-electron chi connectivity index (χ2n) is 4.64. The van der Waals surface area contributed by atoms with Gasteiger partial charge in [0.1, 0.15) is 5.82 Å². The maximum Gasteiger partial charge on any atom is 0.123 e. The van der Waals surface area contributed by atoms with Gasteiger partial charge in [-0.25, -0.2) is 4.98 Å². The average molecular weight is 256 g/mol. The number of likely N-dealkylation sites (N-methyl/N-ethyl adjacent to an activating group) is 1. The SMILES string of the molecule is CCNC(Cc1ccnc(N)c1)c1cnccc1C. The van der Waals surface area contributed by atoms with E-state index in [1.54, 1.807) is 6.20 Å². The number of rotatable bonds is 5. The minimum Gasteiger partial charge on any atom is -0.384 e. The van der Waals surface area contributed by atoms with Crippen LogP contribution in [0.3, 0.4) is 0 Å². The molecular weight excluding hydrogens is 236 g/mol. The van der Waals surface area contributed by atoms with E-state index >= 15 is 0 Å². The van der Waals surface area contributed by atoms with Crippen molar-refractivity contribution in [3.63, 3.8) is 0 Å². The fraction of sp³-hybridized carbons (Fsp3) is 0.333. The van der Waals surface area contributed by atoms with Gasteiger partial charge >= 0.3 is 0 Å². The number of nitrogen functional groups attached to an aromatic ring is 1. The third-order valence-electron chi connectivity index (χ3n) is 3.19. The van der Waals surface area contributed by atoms with Crippen molar-refractivity contribution in [3.05, 3.63) is 53.5 Å². The van der Waals surface area contributed by atoms with Gasteiger partial charge in [0, 0.05) is 24.6 Å². The van der Waals surface area contributed by atoms with E-state index in [9.17, 15) is 0 Å². The Bertz CT molecular complexity index is 539. The molecule has 0 aliphatic rings. The molecule has 0 saturated carbocycles. The quantitative estimate of drug-likeness (QED) is 0.861. The molecule has 0 fully saturated rings. The number of hydrogen-bond acceptors (Lipinski definition) is 4. The van der Waals surface area contributed by atoms with Crippen molar-refractivity contribution in [2.45, 2.75) is 26.3 Å². The molecule has 100 valence electrons. The Hall–Kier alpha value is -1.94. The normalized spacial score (nSPS) is 12.3. The lowest BCUT2D eigenvalue weighted by Crippen LogP contribution is -2.24. The minimum absolute atomic E-state index is 0.250. The zero-order valence-electron chi connectivity index (χ0n) is 11.4. The summed E-state index contributed by atoms with van der Waals surface area (Å²) in [5, 5.41) is 3.51. The van der Waals surface area contributed by atoms with E-state index in [0.717, 1.165) is 13.0 Å². The number of nitrogens with two attached hydrogens (primary N) is 1. The molecule has 0 saturated heterocycles. The first-order chi connectivity index (χ1) is 9.20. The Morgan fingerprint density at radius 1 is 1.32 bits per heavy atom. The summed E-state index contributed by atoms with van der Waals surface area (Å²) in [4.78, 5) is 8.26. The molecule has 0 spiro atoms. The van der Waals surface area contributed by atoms with E-state index in [2.05, 4.69) is 29.1 Å². The van der Waals surface area contributed by atoms with E-state index in [-0.39, 0.29) is 6.04 Å². The molecule has 0 aliphatic carbocycles. The summed E-state index contributed by atoms with van der Waals surface area (Å²) >= 11 is 0. The standard InChI is InChI=1S/C15H20N4/c1-3-18-14(13-10-17-6-4-11(13)2)8-12-5-7-19-15(16)9-12/h4-7,9-10,14,18H,3,8H2,1-2H3,(H2,16,19). The molecule has 3 N–H and O–H groups in total. The highest BCUT2D eigenvalue weighted by Gasteiger charge is 2.13. The molecule has 0 amide bonds. The number of nitrogens with zero attached hydrogens (tertiary/aromatic N) is 2. The Labute approximate surface area is 114 Å². The number of aryl methyl sites for hydroxylation is 1. The molecule has 2 aromatic rings. The summed E-state index contributed by atoms with van der Waals surface area (Å²) < 4.78 is 0. The van der Waals surface area contributed by atoms with Crippen LogP contribution in [0.5, 0.6) is 0 Å². The third kappa shape index (κ3) is 3.51. The lowest BCUT2D eigenvalue weighted by molar-refractivity contribution is 0.545. The van der Waals surface area contributed by atoms with Gasteiger partial charge in [0.05, 0.1) is 0 Å². The molecule has 4 heteroatoms. The maximum atomic E-state index is 5.73. The molecule has 0 bridgehead atoms. The zero-order chi connectivity index (χ0) is 13.7. The number of aromatic nitrogens is 2. The molecule has 2 aromatic heterocycles. The summed E-state index contributed by atoms with van der Waals surface area (Å²) in [5.41, 5.74) is 9.40. The number of hydrogen-bond donors (Lipinski definition) is 2. The van der Waals surface area contributed by atoms with E-state index in [4.69, 9.17) is 5.73 Å².